The first kappa shape index (κ1) is 31.6. The van der Waals surface area contributed by atoms with Crippen LogP contribution in [0.2, 0.25) is 0 Å². The van der Waals surface area contributed by atoms with Gasteiger partial charge < -0.3 is 15.5 Å². The number of nitrogens with one attached hydrogen (secondary N) is 2. The van der Waals surface area contributed by atoms with Gasteiger partial charge >= 0.3 is 0 Å². The summed E-state index contributed by atoms with van der Waals surface area (Å²) in [5, 5.41) is 8.17. The zero-order valence-electron chi connectivity index (χ0n) is 23.6. The Kier molecular flexibility index (Phi) is 15.7. The lowest BCUT2D eigenvalue weighted by Crippen LogP contribution is -2.46. The van der Waals surface area contributed by atoms with Gasteiger partial charge in [-0.05, 0) is 57.7 Å². The van der Waals surface area contributed by atoms with Crippen LogP contribution >= 0.6 is 11.3 Å². The third-order valence-corrected chi connectivity index (χ3v) is 6.49. The summed E-state index contributed by atoms with van der Waals surface area (Å²) in [6, 6.07) is 10.5. The maximum atomic E-state index is 12.0. The number of halogens is 1. The first-order valence-electron chi connectivity index (χ1n) is 13.4. The van der Waals surface area contributed by atoms with Crippen LogP contribution in [-0.2, 0) is 0 Å². The van der Waals surface area contributed by atoms with Gasteiger partial charge in [-0.3, -0.25) is 0 Å². The van der Waals surface area contributed by atoms with E-state index in [-0.39, 0.29) is 5.83 Å². The number of hydrogen-bond donors (Lipinski definition) is 2. The molecule has 0 spiro atoms. The van der Waals surface area contributed by atoms with E-state index in [1.807, 2.05) is 40.7 Å². The number of fused-ring (bicyclic) bond motifs is 2. The summed E-state index contributed by atoms with van der Waals surface area (Å²) in [6.45, 7) is 19.9. The summed E-state index contributed by atoms with van der Waals surface area (Å²) in [5.74, 6) is 1.42. The maximum absolute atomic E-state index is 12.0. The number of rotatable bonds is 3. The van der Waals surface area contributed by atoms with Gasteiger partial charge in [-0.15, -0.1) is 11.3 Å². The topological polar surface area (TPSA) is 39.7 Å². The number of hydrogen-bond acceptors (Lipinski definition) is 5. The highest BCUT2D eigenvalue weighted by Crippen LogP contribution is 2.38. The third kappa shape index (κ3) is 10.7. The fourth-order valence-corrected chi connectivity index (χ4v) is 4.53. The minimum Gasteiger partial charge on any atom is -0.353 e. The van der Waals surface area contributed by atoms with E-state index in [1.165, 1.54) is 22.4 Å². The summed E-state index contributed by atoms with van der Waals surface area (Å²) < 4.78 is 12.0. The molecule has 0 radical (unpaired) electrons. The van der Waals surface area contributed by atoms with Crippen LogP contribution < -0.4 is 10.6 Å². The molecular weight excluding hydrogens is 467 g/mol. The quantitative estimate of drug-likeness (QED) is 0.401. The fraction of sp³-hybridized carbons (Fsp3) is 0.500. The van der Waals surface area contributed by atoms with Crippen molar-refractivity contribution in [2.24, 2.45) is 10.9 Å². The van der Waals surface area contributed by atoms with Crippen molar-refractivity contribution in [1.29, 1.82) is 0 Å². The second kappa shape index (κ2) is 17.9. The zero-order valence-corrected chi connectivity index (χ0v) is 24.4. The molecule has 2 aromatic rings. The molecule has 36 heavy (non-hydrogen) atoms. The predicted molar refractivity (Wildman–Crippen MR) is 160 cm³/mol. The molecule has 2 aliphatic rings. The number of piperazine rings is 1. The minimum atomic E-state index is -0.0700. The molecule has 0 aliphatic carbocycles. The number of amidine groups is 1. The molecule has 1 fully saturated rings. The molecule has 1 unspecified atom stereocenters. The van der Waals surface area contributed by atoms with Gasteiger partial charge in [-0.25, -0.2) is 9.38 Å². The number of benzene rings is 1. The van der Waals surface area contributed by atoms with Crippen LogP contribution in [0.25, 0.3) is 0 Å². The van der Waals surface area contributed by atoms with Crippen molar-refractivity contribution in [3.8, 4) is 0 Å². The average molecular weight is 515 g/mol. The van der Waals surface area contributed by atoms with Gasteiger partial charge in [0.05, 0.1) is 22.8 Å². The van der Waals surface area contributed by atoms with Crippen molar-refractivity contribution < 1.29 is 4.39 Å². The van der Waals surface area contributed by atoms with Crippen molar-refractivity contribution in [1.82, 2.24) is 10.2 Å². The van der Waals surface area contributed by atoms with Gasteiger partial charge in [0.15, 0.2) is 0 Å². The molecule has 6 heteroatoms. The summed E-state index contributed by atoms with van der Waals surface area (Å²) in [6.07, 6.45) is 8.00. The van der Waals surface area contributed by atoms with E-state index >= 15 is 0 Å². The molecule has 2 aliphatic heterocycles. The molecule has 1 aromatic heterocycles. The number of para-hydroxylation sites is 2. The van der Waals surface area contributed by atoms with Gasteiger partial charge in [-0.2, -0.15) is 0 Å². The molecule has 1 aromatic carbocycles. The second-order valence-corrected chi connectivity index (χ2v) is 9.79. The van der Waals surface area contributed by atoms with Crippen molar-refractivity contribution in [3.63, 3.8) is 0 Å². The molecule has 2 N–H and O–H groups in total. The second-order valence-electron chi connectivity index (χ2n) is 8.53. The minimum absolute atomic E-state index is 0.0700. The van der Waals surface area contributed by atoms with E-state index in [0.717, 1.165) is 56.2 Å². The molecule has 1 atom stereocenters. The lowest BCUT2D eigenvalue weighted by Gasteiger charge is -2.30. The Labute approximate surface area is 223 Å². The third-order valence-electron chi connectivity index (χ3n) is 5.52. The maximum Gasteiger partial charge on any atom is 0.139 e. The van der Waals surface area contributed by atoms with Crippen molar-refractivity contribution >= 4 is 33.5 Å². The molecule has 200 valence electrons. The van der Waals surface area contributed by atoms with Crippen LogP contribution in [0.4, 0.5) is 20.8 Å². The predicted octanol–water partition coefficient (Wildman–Crippen LogP) is 9.00. The van der Waals surface area contributed by atoms with Crippen LogP contribution in [0, 0.1) is 12.8 Å². The van der Waals surface area contributed by atoms with Crippen molar-refractivity contribution in [3.05, 3.63) is 64.8 Å². The molecular formula is C30H47FN4S. The van der Waals surface area contributed by atoms with Gasteiger partial charge in [0.2, 0.25) is 0 Å². The SMILES string of the molecule is C/C=C\CC.CC.CCC(C)/C=C(\C)F.Cc1cc2c(s1)Nc1ccccc1N=C2N1CCNCC1. The monoisotopic (exact) mass is 514 g/mol. The first-order chi connectivity index (χ1) is 17.4. The summed E-state index contributed by atoms with van der Waals surface area (Å²) in [4.78, 5) is 8.69. The van der Waals surface area contributed by atoms with E-state index in [1.54, 1.807) is 17.4 Å². The lowest BCUT2D eigenvalue weighted by molar-refractivity contribution is 0.358. The Balaban J connectivity index is 0.000000362. The Hall–Kier alpha value is -2.44. The molecule has 3 heterocycles. The van der Waals surface area contributed by atoms with Gasteiger partial charge in [0.1, 0.15) is 10.8 Å². The van der Waals surface area contributed by atoms with Crippen LogP contribution in [0.1, 0.15) is 71.7 Å². The van der Waals surface area contributed by atoms with E-state index < -0.39 is 0 Å². The Bertz CT molecular complexity index is 967. The smallest absolute Gasteiger partial charge is 0.139 e. The number of aliphatic imine (C=N–C) groups is 1. The molecule has 0 saturated carbocycles. The van der Waals surface area contributed by atoms with Crippen LogP contribution in [0.5, 0.6) is 0 Å². The average Bonchev–Trinajstić information content (AvgIpc) is 3.18. The van der Waals surface area contributed by atoms with Crippen molar-refractivity contribution in [2.45, 2.75) is 68.2 Å². The van der Waals surface area contributed by atoms with Crippen LogP contribution in [-0.4, -0.2) is 36.9 Å². The standard InChI is InChI=1S/C16H18N4S.C7H13F.C5H10.C2H6/c1-11-10-12-15(20-8-6-17-7-9-20)18-13-4-2-3-5-14(13)19-16(12)21-11;1-4-6(2)5-7(3)8;1-3-5-4-2;1-2/h2-5,10,17,19H,6-9H2,1H3;5-6H,4H2,1-3H3;3,5H,4H2,1-2H3;1-2H3/b;7-5+;5-3-;. The van der Waals surface area contributed by atoms with Crippen LogP contribution in [0.15, 0.2) is 59.4 Å². The first-order valence-corrected chi connectivity index (χ1v) is 14.2. The molecule has 1 saturated heterocycles. The summed E-state index contributed by atoms with van der Waals surface area (Å²) in [7, 11) is 0. The van der Waals surface area contributed by atoms with E-state index in [9.17, 15) is 4.39 Å². The number of nitrogens with zero attached hydrogens (tertiary/aromatic N) is 2. The largest absolute Gasteiger partial charge is 0.353 e. The van der Waals surface area contributed by atoms with E-state index in [0.29, 0.717) is 5.92 Å². The number of anilines is 2. The Morgan fingerprint density at radius 1 is 1.19 bits per heavy atom. The highest BCUT2D eigenvalue weighted by atomic mass is 32.1. The Morgan fingerprint density at radius 3 is 2.39 bits per heavy atom. The van der Waals surface area contributed by atoms with E-state index in [2.05, 4.69) is 65.8 Å². The highest BCUT2D eigenvalue weighted by Gasteiger charge is 2.24. The normalized spacial score (nSPS) is 15.3. The van der Waals surface area contributed by atoms with E-state index in [4.69, 9.17) is 4.99 Å². The molecule has 4 rings (SSSR count). The van der Waals surface area contributed by atoms with Gasteiger partial charge in [0, 0.05) is 31.1 Å². The molecule has 0 amide bonds. The highest BCUT2D eigenvalue weighted by molar-refractivity contribution is 7.16. The molecule has 0 bridgehead atoms. The zero-order chi connectivity index (χ0) is 26.9. The fourth-order valence-electron chi connectivity index (χ4n) is 3.61. The van der Waals surface area contributed by atoms with Gasteiger partial charge in [0.25, 0.3) is 0 Å². The molecule has 4 nitrogen and oxygen atoms in total. The summed E-state index contributed by atoms with van der Waals surface area (Å²) >= 11 is 1.80. The lowest BCUT2D eigenvalue weighted by atomic mass is 10.1. The van der Waals surface area contributed by atoms with Crippen LogP contribution in [0.3, 0.4) is 0 Å². The van der Waals surface area contributed by atoms with Gasteiger partial charge in [-0.1, -0.05) is 65.0 Å². The number of allylic oxidation sites excluding steroid dienone is 4. The summed E-state index contributed by atoms with van der Waals surface area (Å²) in [5.41, 5.74) is 3.34. The van der Waals surface area contributed by atoms with Crippen molar-refractivity contribution in [2.75, 3.05) is 31.5 Å². The number of aryl methyl sites for hydroxylation is 1. The Morgan fingerprint density at radius 2 is 1.86 bits per heavy atom. The number of thiophene rings is 1.